The Balaban J connectivity index is 3.86. The molecular weight excluding hydrogens is 188 g/mol. The first-order valence-corrected chi connectivity index (χ1v) is 4.19. The van der Waals surface area contributed by atoms with Crippen molar-refractivity contribution in [3.63, 3.8) is 0 Å². The molecule has 80 valence electrons. The van der Waals surface area contributed by atoms with Crippen LogP contribution in [0.5, 0.6) is 0 Å². The van der Waals surface area contributed by atoms with Gasteiger partial charge >= 0.3 is 12.1 Å². The molecule has 0 aliphatic rings. The van der Waals surface area contributed by atoms with Gasteiger partial charge in [-0.05, 0) is 19.9 Å². The smallest absolute Gasteiger partial charge is 0.463 e. The zero-order valence-corrected chi connectivity index (χ0v) is 8.48. The molecule has 0 rings (SSSR count). The van der Waals surface area contributed by atoms with Gasteiger partial charge in [-0.1, -0.05) is 0 Å². The first kappa shape index (κ1) is 12.5. The monoisotopic (exact) mass is 202 g/mol. The summed E-state index contributed by atoms with van der Waals surface area (Å²) < 4.78 is 13.6. The Hall–Kier alpha value is -1.52. The third-order valence-electron chi connectivity index (χ3n) is 1.24. The van der Waals surface area contributed by atoms with Crippen molar-refractivity contribution in [2.45, 2.75) is 20.0 Å². The summed E-state index contributed by atoms with van der Waals surface area (Å²) in [6, 6.07) is 0. The molecule has 0 fully saturated rings. The number of esters is 1. The van der Waals surface area contributed by atoms with Crippen LogP contribution in [0.2, 0.25) is 0 Å². The maximum absolute atomic E-state index is 10.8. The second-order valence-electron chi connectivity index (χ2n) is 2.39. The van der Waals surface area contributed by atoms with Gasteiger partial charge in [-0.15, -0.1) is 0 Å². The largest absolute Gasteiger partial charge is 0.508 e. The van der Waals surface area contributed by atoms with Crippen LogP contribution < -0.4 is 0 Å². The van der Waals surface area contributed by atoms with Crippen molar-refractivity contribution in [3.8, 4) is 0 Å². The van der Waals surface area contributed by atoms with Crippen LogP contribution >= 0.6 is 0 Å². The van der Waals surface area contributed by atoms with Crippen molar-refractivity contribution in [1.82, 2.24) is 0 Å². The first-order chi connectivity index (χ1) is 6.60. The SMILES string of the molecule is CCOC(=O)C=CC(C)OC(=O)OC. The first-order valence-electron chi connectivity index (χ1n) is 4.19. The number of hydrogen-bond donors (Lipinski definition) is 0. The molecule has 0 aromatic carbocycles. The molecule has 1 unspecified atom stereocenters. The zero-order chi connectivity index (χ0) is 11.0. The minimum atomic E-state index is -0.786. The molecule has 0 aliphatic heterocycles. The predicted octanol–water partition coefficient (Wildman–Crippen LogP) is 1.28. The van der Waals surface area contributed by atoms with E-state index in [2.05, 4.69) is 14.2 Å². The van der Waals surface area contributed by atoms with Crippen LogP contribution in [0, 0.1) is 0 Å². The summed E-state index contributed by atoms with van der Waals surface area (Å²) in [4.78, 5) is 21.4. The Labute approximate surface area is 82.6 Å². The van der Waals surface area contributed by atoms with Crippen LogP contribution in [0.1, 0.15) is 13.8 Å². The summed E-state index contributed by atoms with van der Waals surface area (Å²) in [7, 11) is 1.21. The van der Waals surface area contributed by atoms with Crippen LogP contribution in [-0.4, -0.2) is 31.9 Å². The molecule has 14 heavy (non-hydrogen) atoms. The molecule has 0 aromatic rings. The third kappa shape index (κ3) is 6.05. The van der Waals surface area contributed by atoms with E-state index in [0.29, 0.717) is 6.61 Å². The molecule has 0 heterocycles. The molecule has 0 amide bonds. The van der Waals surface area contributed by atoms with Gasteiger partial charge in [-0.2, -0.15) is 0 Å². The minimum Gasteiger partial charge on any atom is -0.463 e. The summed E-state index contributed by atoms with van der Waals surface area (Å²) >= 11 is 0. The quantitative estimate of drug-likeness (QED) is 0.507. The highest BCUT2D eigenvalue weighted by Crippen LogP contribution is 1.96. The van der Waals surface area contributed by atoms with E-state index in [-0.39, 0.29) is 0 Å². The maximum atomic E-state index is 10.8. The fourth-order valence-corrected chi connectivity index (χ4v) is 0.644. The lowest BCUT2D eigenvalue weighted by atomic mass is 10.3. The maximum Gasteiger partial charge on any atom is 0.508 e. The average molecular weight is 202 g/mol. The van der Waals surface area contributed by atoms with Gasteiger partial charge in [0.15, 0.2) is 0 Å². The topological polar surface area (TPSA) is 61.8 Å². The molecule has 0 bridgehead atoms. The van der Waals surface area contributed by atoms with E-state index in [0.717, 1.165) is 0 Å². The van der Waals surface area contributed by atoms with Gasteiger partial charge in [-0.3, -0.25) is 0 Å². The normalized spacial score (nSPS) is 12.2. The Bertz CT molecular complexity index is 221. The highest BCUT2D eigenvalue weighted by atomic mass is 16.7. The molecule has 0 aromatic heterocycles. The van der Waals surface area contributed by atoms with Crippen LogP contribution in [0.4, 0.5) is 4.79 Å². The zero-order valence-electron chi connectivity index (χ0n) is 8.48. The van der Waals surface area contributed by atoms with E-state index in [4.69, 9.17) is 0 Å². The molecular formula is C9H14O5. The molecule has 0 aliphatic carbocycles. The molecule has 0 saturated carbocycles. The summed E-state index contributed by atoms with van der Waals surface area (Å²) in [5.74, 6) is -0.465. The number of methoxy groups -OCH3 is 1. The van der Waals surface area contributed by atoms with E-state index in [1.807, 2.05) is 0 Å². The molecule has 0 N–H and O–H groups in total. The van der Waals surface area contributed by atoms with Crippen LogP contribution in [-0.2, 0) is 19.0 Å². The lowest BCUT2D eigenvalue weighted by Gasteiger charge is -2.06. The van der Waals surface area contributed by atoms with E-state index < -0.39 is 18.2 Å². The van der Waals surface area contributed by atoms with Gasteiger partial charge in [0.25, 0.3) is 0 Å². The molecule has 0 saturated heterocycles. The van der Waals surface area contributed by atoms with Gasteiger partial charge in [0.2, 0.25) is 0 Å². The average Bonchev–Trinajstić information content (AvgIpc) is 2.15. The lowest BCUT2D eigenvalue weighted by molar-refractivity contribution is -0.137. The van der Waals surface area contributed by atoms with Crippen molar-refractivity contribution in [1.29, 1.82) is 0 Å². The van der Waals surface area contributed by atoms with Crippen molar-refractivity contribution >= 4 is 12.1 Å². The Morgan fingerprint density at radius 2 is 2.07 bits per heavy atom. The Morgan fingerprint density at radius 1 is 1.43 bits per heavy atom. The summed E-state index contributed by atoms with van der Waals surface area (Å²) in [6.45, 7) is 3.63. The second kappa shape index (κ2) is 6.94. The van der Waals surface area contributed by atoms with Gasteiger partial charge in [0.05, 0.1) is 13.7 Å². The highest BCUT2D eigenvalue weighted by Gasteiger charge is 2.05. The number of carbonyl (C=O) groups excluding carboxylic acids is 2. The van der Waals surface area contributed by atoms with E-state index in [1.54, 1.807) is 13.8 Å². The second-order valence-corrected chi connectivity index (χ2v) is 2.39. The predicted molar refractivity (Wildman–Crippen MR) is 48.7 cm³/mol. The van der Waals surface area contributed by atoms with Crippen LogP contribution in [0.15, 0.2) is 12.2 Å². The van der Waals surface area contributed by atoms with Crippen molar-refractivity contribution < 1.29 is 23.8 Å². The number of hydrogen-bond acceptors (Lipinski definition) is 5. The standard InChI is InChI=1S/C9H14O5/c1-4-13-8(10)6-5-7(2)14-9(11)12-3/h5-7H,4H2,1-3H3. The van der Waals surface area contributed by atoms with Gasteiger partial charge in [0, 0.05) is 6.08 Å². The minimum absolute atomic E-state index is 0.315. The van der Waals surface area contributed by atoms with Crippen molar-refractivity contribution in [2.75, 3.05) is 13.7 Å². The van der Waals surface area contributed by atoms with E-state index in [1.165, 1.54) is 19.3 Å². The van der Waals surface area contributed by atoms with Crippen molar-refractivity contribution in [2.24, 2.45) is 0 Å². The van der Waals surface area contributed by atoms with Crippen molar-refractivity contribution in [3.05, 3.63) is 12.2 Å². The lowest BCUT2D eigenvalue weighted by Crippen LogP contribution is -2.13. The van der Waals surface area contributed by atoms with E-state index in [9.17, 15) is 9.59 Å². The van der Waals surface area contributed by atoms with E-state index >= 15 is 0 Å². The molecule has 0 radical (unpaired) electrons. The number of ether oxygens (including phenoxy) is 3. The molecule has 0 spiro atoms. The highest BCUT2D eigenvalue weighted by molar-refractivity contribution is 5.82. The fourth-order valence-electron chi connectivity index (χ4n) is 0.644. The van der Waals surface area contributed by atoms with Crippen LogP contribution in [0.3, 0.4) is 0 Å². The summed E-state index contributed by atoms with van der Waals surface area (Å²) in [6.07, 6.45) is 1.31. The summed E-state index contributed by atoms with van der Waals surface area (Å²) in [5, 5.41) is 0. The van der Waals surface area contributed by atoms with Crippen LogP contribution in [0.25, 0.3) is 0 Å². The molecule has 5 nitrogen and oxygen atoms in total. The fraction of sp³-hybridized carbons (Fsp3) is 0.556. The number of rotatable bonds is 4. The van der Waals surface area contributed by atoms with Gasteiger partial charge in [-0.25, -0.2) is 9.59 Å². The summed E-state index contributed by atoms with van der Waals surface area (Å²) in [5.41, 5.74) is 0. The van der Waals surface area contributed by atoms with Gasteiger partial charge in [0.1, 0.15) is 6.10 Å². The number of carbonyl (C=O) groups is 2. The molecule has 1 atom stereocenters. The Morgan fingerprint density at radius 3 is 2.57 bits per heavy atom. The van der Waals surface area contributed by atoms with Gasteiger partial charge < -0.3 is 14.2 Å². The third-order valence-corrected chi connectivity index (χ3v) is 1.24. The molecule has 5 heteroatoms. The Kier molecular flexibility index (Phi) is 6.19.